The van der Waals surface area contributed by atoms with Gasteiger partial charge in [0.1, 0.15) is 11.5 Å². The quantitative estimate of drug-likeness (QED) is 0.415. The van der Waals surface area contributed by atoms with Crippen molar-refractivity contribution in [2.75, 3.05) is 23.8 Å². The third-order valence-electron chi connectivity index (χ3n) is 4.73. The summed E-state index contributed by atoms with van der Waals surface area (Å²) < 4.78 is 11.5. The third kappa shape index (κ3) is 6.71. The molecule has 0 saturated heterocycles. The van der Waals surface area contributed by atoms with Crippen molar-refractivity contribution in [3.8, 4) is 11.5 Å². The summed E-state index contributed by atoms with van der Waals surface area (Å²) in [5, 5.41) is 5.72. The van der Waals surface area contributed by atoms with Crippen molar-refractivity contribution in [3.05, 3.63) is 89.5 Å². The highest BCUT2D eigenvalue weighted by molar-refractivity contribution is 6.06. The van der Waals surface area contributed by atoms with Crippen molar-refractivity contribution in [2.45, 2.75) is 20.8 Å². The van der Waals surface area contributed by atoms with Crippen molar-refractivity contribution in [1.29, 1.82) is 0 Å². The van der Waals surface area contributed by atoms with Crippen LogP contribution < -0.4 is 20.1 Å². The topological polar surface area (TPSA) is 76.7 Å². The summed E-state index contributed by atoms with van der Waals surface area (Å²) in [6, 6.07) is 20.1. The van der Waals surface area contributed by atoms with Crippen LogP contribution in [-0.2, 0) is 4.79 Å². The zero-order valence-corrected chi connectivity index (χ0v) is 19.1. The van der Waals surface area contributed by atoms with Crippen LogP contribution in [-0.4, -0.2) is 25.0 Å². The smallest absolute Gasteiger partial charge is 0.255 e. The zero-order chi connectivity index (χ0) is 23.6. The number of amides is 2. The standard InChI is InChI=1S/C27H28N2O4/c1-4-32-24-18-23(29-27(31)21-9-7-6-8-10-21)25(33-5-2)17-22(24)28-26(30)16-15-20-13-11-19(3)12-14-20/h6-18H,4-5H2,1-3H3,(H,28,30)(H,29,31)/b16-15+. The van der Waals surface area contributed by atoms with Crippen LogP contribution in [0.5, 0.6) is 11.5 Å². The van der Waals surface area contributed by atoms with Gasteiger partial charge in [0.2, 0.25) is 5.91 Å². The minimum absolute atomic E-state index is 0.267. The van der Waals surface area contributed by atoms with Gasteiger partial charge in [0.05, 0.1) is 24.6 Å². The lowest BCUT2D eigenvalue weighted by Crippen LogP contribution is -2.14. The van der Waals surface area contributed by atoms with Gasteiger partial charge in [-0.05, 0) is 44.5 Å². The zero-order valence-electron chi connectivity index (χ0n) is 19.1. The molecule has 0 aliphatic rings. The Kier molecular flexibility index (Phi) is 8.24. The predicted octanol–water partition coefficient (Wildman–Crippen LogP) is 5.70. The molecule has 33 heavy (non-hydrogen) atoms. The summed E-state index contributed by atoms with van der Waals surface area (Å²) in [6.07, 6.45) is 3.21. The fourth-order valence-corrected chi connectivity index (χ4v) is 3.11. The maximum atomic E-state index is 12.7. The van der Waals surface area contributed by atoms with Gasteiger partial charge in [-0.3, -0.25) is 9.59 Å². The lowest BCUT2D eigenvalue weighted by Gasteiger charge is -2.17. The molecular formula is C27H28N2O4. The number of ether oxygens (including phenoxy) is 2. The Morgan fingerprint density at radius 3 is 1.97 bits per heavy atom. The van der Waals surface area contributed by atoms with Gasteiger partial charge in [-0.25, -0.2) is 0 Å². The number of benzene rings is 3. The van der Waals surface area contributed by atoms with E-state index in [-0.39, 0.29) is 11.8 Å². The van der Waals surface area contributed by atoms with Crippen molar-refractivity contribution in [3.63, 3.8) is 0 Å². The van der Waals surface area contributed by atoms with E-state index in [9.17, 15) is 9.59 Å². The Bertz CT molecular complexity index is 1120. The summed E-state index contributed by atoms with van der Waals surface area (Å²) in [4.78, 5) is 25.2. The van der Waals surface area contributed by atoms with Gasteiger partial charge in [-0.2, -0.15) is 0 Å². The first-order chi connectivity index (χ1) is 16.0. The average molecular weight is 445 g/mol. The molecule has 2 N–H and O–H groups in total. The van der Waals surface area contributed by atoms with Crippen LogP contribution in [0.3, 0.4) is 0 Å². The minimum atomic E-state index is -0.306. The Labute approximate surface area is 194 Å². The minimum Gasteiger partial charge on any atom is -0.492 e. The van der Waals surface area contributed by atoms with Crippen molar-refractivity contribution in [2.24, 2.45) is 0 Å². The molecule has 6 nitrogen and oxygen atoms in total. The van der Waals surface area contributed by atoms with Crippen molar-refractivity contribution < 1.29 is 19.1 Å². The first-order valence-corrected chi connectivity index (χ1v) is 10.9. The van der Waals surface area contributed by atoms with Crippen molar-refractivity contribution in [1.82, 2.24) is 0 Å². The van der Waals surface area contributed by atoms with E-state index in [1.165, 1.54) is 6.08 Å². The predicted molar refractivity (Wildman–Crippen MR) is 132 cm³/mol. The highest BCUT2D eigenvalue weighted by Gasteiger charge is 2.16. The lowest BCUT2D eigenvalue weighted by molar-refractivity contribution is -0.111. The molecule has 0 spiro atoms. The molecular weight excluding hydrogens is 416 g/mol. The second-order valence-electron chi connectivity index (χ2n) is 7.26. The largest absolute Gasteiger partial charge is 0.492 e. The van der Waals surface area contributed by atoms with Gasteiger partial charge in [-0.15, -0.1) is 0 Å². The number of anilines is 2. The normalized spacial score (nSPS) is 10.6. The average Bonchev–Trinajstić information content (AvgIpc) is 2.82. The molecule has 0 saturated carbocycles. The van der Waals surface area contributed by atoms with E-state index in [1.807, 2.05) is 51.1 Å². The van der Waals surface area contributed by atoms with E-state index < -0.39 is 0 Å². The Balaban J connectivity index is 1.84. The van der Waals surface area contributed by atoms with Gasteiger partial charge in [-0.1, -0.05) is 48.0 Å². The molecule has 0 aliphatic carbocycles. The fraction of sp³-hybridized carbons (Fsp3) is 0.185. The van der Waals surface area contributed by atoms with Crippen LogP contribution in [0, 0.1) is 6.92 Å². The summed E-state index contributed by atoms with van der Waals surface area (Å²) in [6.45, 7) is 6.49. The highest BCUT2D eigenvalue weighted by Crippen LogP contribution is 2.37. The molecule has 0 aromatic heterocycles. The molecule has 0 atom stereocenters. The SMILES string of the molecule is CCOc1cc(NC(=O)c2ccccc2)c(OCC)cc1NC(=O)/C=C/c1ccc(C)cc1. The molecule has 0 heterocycles. The molecule has 0 fully saturated rings. The number of hydrogen-bond acceptors (Lipinski definition) is 4. The second-order valence-corrected chi connectivity index (χ2v) is 7.26. The molecule has 3 aromatic rings. The maximum Gasteiger partial charge on any atom is 0.255 e. The molecule has 3 rings (SSSR count). The number of rotatable bonds is 9. The van der Waals surface area contributed by atoms with E-state index in [1.54, 1.807) is 42.5 Å². The van der Waals surface area contributed by atoms with Gasteiger partial charge in [0, 0.05) is 23.8 Å². The maximum absolute atomic E-state index is 12.7. The summed E-state index contributed by atoms with van der Waals surface area (Å²) >= 11 is 0. The van der Waals surface area contributed by atoms with Gasteiger partial charge < -0.3 is 20.1 Å². The second kappa shape index (κ2) is 11.5. The van der Waals surface area contributed by atoms with Crippen LogP contribution in [0.25, 0.3) is 6.08 Å². The number of nitrogens with one attached hydrogen (secondary N) is 2. The Morgan fingerprint density at radius 2 is 1.39 bits per heavy atom. The number of carbonyl (C=O) groups excluding carboxylic acids is 2. The molecule has 0 bridgehead atoms. The van der Waals surface area contributed by atoms with Gasteiger partial charge in [0.15, 0.2) is 0 Å². The number of aryl methyl sites for hydroxylation is 1. The van der Waals surface area contributed by atoms with Crippen LogP contribution in [0.15, 0.2) is 72.8 Å². The summed E-state index contributed by atoms with van der Waals surface area (Å²) in [5.74, 6) is 0.293. The van der Waals surface area contributed by atoms with E-state index in [0.717, 1.165) is 11.1 Å². The molecule has 2 amide bonds. The lowest BCUT2D eigenvalue weighted by atomic mass is 10.1. The van der Waals surface area contributed by atoms with Crippen LogP contribution in [0.4, 0.5) is 11.4 Å². The Morgan fingerprint density at radius 1 is 0.818 bits per heavy atom. The van der Waals surface area contributed by atoms with E-state index in [0.29, 0.717) is 41.7 Å². The summed E-state index contributed by atoms with van der Waals surface area (Å²) in [5.41, 5.74) is 3.52. The van der Waals surface area contributed by atoms with E-state index in [4.69, 9.17) is 9.47 Å². The Hall–Kier alpha value is -4.06. The van der Waals surface area contributed by atoms with Crippen LogP contribution in [0.2, 0.25) is 0 Å². The van der Waals surface area contributed by atoms with Gasteiger partial charge >= 0.3 is 0 Å². The van der Waals surface area contributed by atoms with E-state index in [2.05, 4.69) is 10.6 Å². The summed E-state index contributed by atoms with van der Waals surface area (Å²) in [7, 11) is 0. The monoisotopic (exact) mass is 444 g/mol. The molecule has 3 aromatic carbocycles. The molecule has 0 radical (unpaired) electrons. The van der Waals surface area contributed by atoms with E-state index >= 15 is 0 Å². The first kappa shape index (κ1) is 23.6. The molecule has 0 aliphatic heterocycles. The molecule has 0 unspecified atom stereocenters. The molecule has 6 heteroatoms. The van der Waals surface area contributed by atoms with Gasteiger partial charge in [0.25, 0.3) is 5.91 Å². The van der Waals surface area contributed by atoms with Crippen LogP contribution >= 0.6 is 0 Å². The number of hydrogen-bond donors (Lipinski definition) is 2. The first-order valence-electron chi connectivity index (χ1n) is 10.9. The molecule has 170 valence electrons. The third-order valence-corrected chi connectivity index (χ3v) is 4.73. The van der Waals surface area contributed by atoms with Crippen molar-refractivity contribution >= 4 is 29.3 Å². The fourth-order valence-electron chi connectivity index (χ4n) is 3.11. The number of carbonyl (C=O) groups is 2. The highest BCUT2D eigenvalue weighted by atomic mass is 16.5. The van der Waals surface area contributed by atoms with Crippen LogP contribution in [0.1, 0.15) is 35.3 Å².